The minimum absolute atomic E-state index is 0.146. The maximum Gasteiger partial charge on any atom is 0.333 e. The van der Waals surface area contributed by atoms with Gasteiger partial charge in [-0.15, -0.1) is 0 Å². The summed E-state index contributed by atoms with van der Waals surface area (Å²) in [5, 5.41) is 0. The second kappa shape index (κ2) is 5.89. The Hall–Kier alpha value is -1.12. The molecule has 0 aromatic carbocycles. The van der Waals surface area contributed by atoms with Crippen molar-refractivity contribution in [2.75, 3.05) is 6.61 Å². The van der Waals surface area contributed by atoms with Gasteiger partial charge in [-0.25, -0.2) is 4.79 Å². The van der Waals surface area contributed by atoms with Crippen molar-refractivity contribution in [2.24, 2.45) is 23.7 Å². The maximum absolute atomic E-state index is 12.1. The summed E-state index contributed by atoms with van der Waals surface area (Å²) in [6, 6.07) is 0. The number of ketones is 1. The van der Waals surface area contributed by atoms with Gasteiger partial charge in [-0.3, -0.25) is 4.79 Å². The lowest BCUT2D eigenvalue weighted by Gasteiger charge is -2.36. The van der Waals surface area contributed by atoms with Gasteiger partial charge in [0.2, 0.25) is 0 Å². The fourth-order valence-electron chi connectivity index (χ4n) is 3.76. The van der Waals surface area contributed by atoms with Crippen LogP contribution < -0.4 is 0 Å². The Morgan fingerprint density at radius 3 is 2.79 bits per heavy atom. The van der Waals surface area contributed by atoms with Crippen molar-refractivity contribution in [1.82, 2.24) is 0 Å². The van der Waals surface area contributed by atoms with Crippen LogP contribution in [0.3, 0.4) is 0 Å². The van der Waals surface area contributed by atoms with E-state index >= 15 is 0 Å². The van der Waals surface area contributed by atoms with Crippen LogP contribution in [0.25, 0.3) is 0 Å². The molecule has 2 aliphatic carbocycles. The quantitative estimate of drug-likeness (QED) is 0.581. The summed E-state index contributed by atoms with van der Waals surface area (Å²) in [7, 11) is 0. The van der Waals surface area contributed by atoms with Crippen LogP contribution in [-0.2, 0) is 14.3 Å². The van der Waals surface area contributed by atoms with Crippen molar-refractivity contribution in [1.29, 1.82) is 0 Å². The monoisotopic (exact) mass is 264 g/mol. The van der Waals surface area contributed by atoms with Crippen LogP contribution in [-0.4, -0.2) is 18.4 Å². The van der Waals surface area contributed by atoms with Gasteiger partial charge >= 0.3 is 5.97 Å². The number of esters is 1. The second-order valence-corrected chi connectivity index (χ2v) is 5.98. The van der Waals surface area contributed by atoms with Crippen molar-refractivity contribution >= 4 is 11.8 Å². The number of Topliss-reactive ketones (excluding diaryl/α,β-unsaturated/α-hetero) is 1. The predicted octanol–water partition coefficient (Wildman–Crippen LogP) is 3.14. The lowest BCUT2D eigenvalue weighted by Crippen LogP contribution is -2.32. The van der Waals surface area contributed by atoms with Crippen LogP contribution in [0, 0.1) is 23.7 Å². The lowest BCUT2D eigenvalue weighted by atomic mass is 9.68. The third-order valence-corrected chi connectivity index (χ3v) is 4.77. The number of hydrogen-bond donors (Lipinski definition) is 0. The largest absolute Gasteiger partial charge is 0.463 e. The molecule has 2 aliphatic rings. The zero-order valence-corrected chi connectivity index (χ0v) is 12.1. The molecule has 0 radical (unpaired) electrons. The van der Waals surface area contributed by atoms with E-state index in [2.05, 4.69) is 6.92 Å². The van der Waals surface area contributed by atoms with Crippen LogP contribution in [0.4, 0.5) is 0 Å². The Labute approximate surface area is 115 Å². The van der Waals surface area contributed by atoms with Crippen LogP contribution in [0.2, 0.25) is 0 Å². The second-order valence-electron chi connectivity index (χ2n) is 5.98. The molecule has 2 rings (SSSR count). The van der Waals surface area contributed by atoms with Crippen molar-refractivity contribution in [3.63, 3.8) is 0 Å². The van der Waals surface area contributed by atoms with Gasteiger partial charge in [0.15, 0.2) is 0 Å². The summed E-state index contributed by atoms with van der Waals surface area (Å²) in [6.45, 7) is 6.26. The van der Waals surface area contributed by atoms with Crippen LogP contribution in [0.15, 0.2) is 11.6 Å². The van der Waals surface area contributed by atoms with Gasteiger partial charge in [0, 0.05) is 17.9 Å². The number of fused-ring (bicyclic) bond motifs is 1. The van der Waals surface area contributed by atoms with Gasteiger partial charge in [0.1, 0.15) is 5.78 Å². The standard InChI is InChI=1S/C16H24O3/c1-4-19-16(18)11(3)9-12-6-5-10(2)13-7-8-14(17)15(12)13/h9-10,12-13,15H,4-8H2,1-3H3/b11-9+/t10-,12+,13-,15-/m1/s1. The molecule has 0 aliphatic heterocycles. The average molecular weight is 264 g/mol. The highest BCUT2D eigenvalue weighted by molar-refractivity contribution is 5.88. The highest BCUT2D eigenvalue weighted by Crippen LogP contribution is 2.47. The molecule has 4 atom stereocenters. The van der Waals surface area contributed by atoms with E-state index in [9.17, 15) is 9.59 Å². The smallest absolute Gasteiger partial charge is 0.333 e. The number of carbonyl (C=O) groups excluding carboxylic acids is 2. The molecule has 3 heteroatoms. The lowest BCUT2D eigenvalue weighted by molar-refractivity contribution is -0.138. The average Bonchev–Trinajstić information content (AvgIpc) is 2.76. The minimum atomic E-state index is -0.247. The molecule has 0 spiro atoms. The fraction of sp³-hybridized carbons (Fsp3) is 0.750. The molecule has 2 fully saturated rings. The number of ether oxygens (including phenoxy) is 1. The zero-order valence-electron chi connectivity index (χ0n) is 12.1. The number of hydrogen-bond acceptors (Lipinski definition) is 3. The molecule has 0 amide bonds. The Morgan fingerprint density at radius 2 is 2.11 bits per heavy atom. The topological polar surface area (TPSA) is 43.4 Å². The Kier molecular flexibility index (Phi) is 4.43. The van der Waals surface area contributed by atoms with E-state index in [4.69, 9.17) is 4.74 Å². The molecule has 0 heterocycles. The molecule has 106 valence electrons. The first-order valence-electron chi connectivity index (χ1n) is 7.42. The van der Waals surface area contributed by atoms with E-state index in [1.165, 1.54) is 0 Å². The first-order chi connectivity index (χ1) is 9.04. The number of allylic oxidation sites excluding steroid dienone is 1. The van der Waals surface area contributed by atoms with Gasteiger partial charge in [0.05, 0.1) is 6.61 Å². The summed E-state index contributed by atoms with van der Waals surface area (Å²) in [6.07, 6.45) is 5.93. The van der Waals surface area contributed by atoms with E-state index in [1.807, 2.05) is 13.0 Å². The van der Waals surface area contributed by atoms with Gasteiger partial charge in [0.25, 0.3) is 0 Å². The third kappa shape index (κ3) is 2.90. The summed E-state index contributed by atoms with van der Waals surface area (Å²) >= 11 is 0. The van der Waals surface area contributed by atoms with E-state index < -0.39 is 0 Å². The van der Waals surface area contributed by atoms with Gasteiger partial charge in [-0.05, 0) is 50.9 Å². The summed E-state index contributed by atoms with van der Waals surface area (Å²) in [5.74, 6) is 1.70. The molecule has 2 saturated carbocycles. The highest BCUT2D eigenvalue weighted by atomic mass is 16.5. The third-order valence-electron chi connectivity index (χ3n) is 4.77. The molecular weight excluding hydrogens is 240 g/mol. The predicted molar refractivity (Wildman–Crippen MR) is 73.5 cm³/mol. The van der Waals surface area contributed by atoms with Crippen molar-refractivity contribution in [3.8, 4) is 0 Å². The van der Waals surface area contributed by atoms with E-state index in [-0.39, 0.29) is 17.8 Å². The molecule has 19 heavy (non-hydrogen) atoms. The minimum Gasteiger partial charge on any atom is -0.463 e. The molecular formula is C16H24O3. The normalized spacial score (nSPS) is 35.1. The van der Waals surface area contributed by atoms with E-state index in [1.54, 1.807) is 6.92 Å². The van der Waals surface area contributed by atoms with Crippen LogP contribution >= 0.6 is 0 Å². The molecule has 0 aromatic heterocycles. The van der Waals surface area contributed by atoms with E-state index in [0.717, 1.165) is 25.7 Å². The summed E-state index contributed by atoms with van der Waals surface area (Å²) < 4.78 is 5.01. The molecule has 0 N–H and O–H groups in total. The Balaban J connectivity index is 2.13. The van der Waals surface area contributed by atoms with Crippen molar-refractivity contribution < 1.29 is 14.3 Å². The van der Waals surface area contributed by atoms with Crippen LogP contribution in [0.5, 0.6) is 0 Å². The SMILES string of the molecule is CCOC(=O)/C(C)=C/[C@@H]1CC[C@@H](C)[C@H]2CCC(=O)[C@@H]21. The first kappa shape index (κ1) is 14.3. The fourth-order valence-corrected chi connectivity index (χ4v) is 3.76. The van der Waals surface area contributed by atoms with Crippen molar-refractivity contribution in [3.05, 3.63) is 11.6 Å². The Bertz CT molecular complexity index is 397. The summed E-state index contributed by atoms with van der Waals surface area (Å²) in [4.78, 5) is 23.8. The molecule has 0 bridgehead atoms. The molecule has 0 unspecified atom stereocenters. The molecule has 0 saturated heterocycles. The molecule has 3 nitrogen and oxygen atoms in total. The molecule has 0 aromatic rings. The number of carbonyl (C=O) groups is 2. The maximum atomic E-state index is 12.1. The van der Waals surface area contributed by atoms with Crippen molar-refractivity contribution in [2.45, 2.75) is 46.5 Å². The van der Waals surface area contributed by atoms with Crippen LogP contribution in [0.1, 0.15) is 46.5 Å². The first-order valence-corrected chi connectivity index (χ1v) is 7.42. The Morgan fingerprint density at radius 1 is 1.37 bits per heavy atom. The van der Waals surface area contributed by atoms with Gasteiger partial charge < -0.3 is 4.74 Å². The summed E-state index contributed by atoms with van der Waals surface area (Å²) in [5.41, 5.74) is 0.653. The number of rotatable bonds is 3. The highest BCUT2D eigenvalue weighted by Gasteiger charge is 2.44. The van der Waals surface area contributed by atoms with Gasteiger partial charge in [-0.1, -0.05) is 13.0 Å². The van der Waals surface area contributed by atoms with E-state index in [0.29, 0.717) is 29.8 Å². The van der Waals surface area contributed by atoms with Gasteiger partial charge in [-0.2, -0.15) is 0 Å². The zero-order chi connectivity index (χ0) is 14.0.